The van der Waals surface area contributed by atoms with E-state index in [-0.39, 0.29) is 29.9 Å². The van der Waals surface area contributed by atoms with Crippen molar-refractivity contribution in [2.24, 2.45) is 11.8 Å². The van der Waals surface area contributed by atoms with Crippen LogP contribution in [0.5, 0.6) is 0 Å². The highest BCUT2D eigenvalue weighted by molar-refractivity contribution is 5.93. The molecule has 0 aromatic rings. The van der Waals surface area contributed by atoms with Gasteiger partial charge in [-0.2, -0.15) is 0 Å². The first-order valence-electron chi connectivity index (χ1n) is 9.74. The molecule has 7 heteroatoms. The summed E-state index contributed by atoms with van der Waals surface area (Å²) in [5.41, 5.74) is -0.648. The Balaban J connectivity index is 1.58. The van der Waals surface area contributed by atoms with Crippen LogP contribution in [0.4, 0.5) is 0 Å². The molecule has 0 saturated carbocycles. The molecular weight excluding hydrogens is 334 g/mol. The zero-order valence-electron chi connectivity index (χ0n) is 15.4. The van der Waals surface area contributed by atoms with Crippen LogP contribution in [0.1, 0.15) is 33.1 Å². The monoisotopic (exact) mass is 361 g/mol. The van der Waals surface area contributed by atoms with Crippen molar-refractivity contribution in [1.82, 2.24) is 15.1 Å². The number of carbonyl (C=O) groups excluding carboxylic acids is 3. The summed E-state index contributed by atoms with van der Waals surface area (Å²) in [6, 6.07) is 0.189. The van der Waals surface area contributed by atoms with Gasteiger partial charge in [-0.3, -0.25) is 14.4 Å². The Morgan fingerprint density at radius 3 is 2.85 bits per heavy atom. The molecule has 4 rings (SSSR count). The zero-order chi connectivity index (χ0) is 18.5. The van der Waals surface area contributed by atoms with Gasteiger partial charge in [0.15, 0.2) is 0 Å². The molecule has 0 aliphatic carbocycles. The third kappa shape index (κ3) is 2.47. The predicted octanol–water partition coefficient (Wildman–Crippen LogP) is 0.306. The molecule has 3 amide bonds. The van der Waals surface area contributed by atoms with Gasteiger partial charge in [0.05, 0.1) is 24.5 Å². The Labute approximate surface area is 153 Å². The van der Waals surface area contributed by atoms with Gasteiger partial charge in [-0.05, 0) is 12.8 Å². The van der Waals surface area contributed by atoms with Crippen molar-refractivity contribution in [3.63, 3.8) is 0 Å². The minimum atomic E-state index is -0.648. The summed E-state index contributed by atoms with van der Waals surface area (Å²) in [7, 11) is 0. The molecule has 0 aromatic carbocycles. The van der Waals surface area contributed by atoms with Gasteiger partial charge in [0.2, 0.25) is 17.7 Å². The van der Waals surface area contributed by atoms with Crippen molar-refractivity contribution >= 4 is 17.7 Å². The van der Waals surface area contributed by atoms with E-state index in [0.717, 1.165) is 12.8 Å². The second kappa shape index (κ2) is 6.37. The number of amides is 3. The first kappa shape index (κ1) is 17.5. The van der Waals surface area contributed by atoms with Gasteiger partial charge in [0.1, 0.15) is 5.60 Å². The van der Waals surface area contributed by atoms with Gasteiger partial charge in [-0.1, -0.05) is 26.0 Å². The number of fused-ring (bicyclic) bond motifs is 1. The number of hydrogen-bond donors (Lipinski definition) is 1. The molecule has 3 saturated heterocycles. The topological polar surface area (TPSA) is 79.0 Å². The van der Waals surface area contributed by atoms with E-state index < -0.39 is 17.4 Å². The molecule has 2 bridgehead atoms. The molecule has 1 spiro atoms. The molecule has 0 unspecified atom stereocenters. The minimum Gasteiger partial charge on any atom is -0.360 e. The van der Waals surface area contributed by atoms with Crippen LogP contribution in [-0.2, 0) is 19.1 Å². The number of likely N-dealkylation sites (tertiary alicyclic amines) is 1. The normalized spacial score (nSPS) is 35.9. The number of nitrogens with zero attached hydrogens (tertiary/aromatic N) is 2. The van der Waals surface area contributed by atoms with Crippen LogP contribution in [0.2, 0.25) is 0 Å². The third-order valence-electron chi connectivity index (χ3n) is 6.42. The number of hydrogen-bond acceptors (Lipinski definition) is 4. The van der Waals surface area contributed by atoms with Crippen LogP contribution in [0.25, 0.3) is 0 Å². The van der Waals surface area contributed by atoms with Crippen molar-refractivity contribution in [3.05, 3.63) is 12.2 Å². The SMILES string of the molecule is CCC(CC)N1C[C@]23C=C[C@H](O2)[C@@H](C(=O)N2CCNC(=O)CC2)[C@@H]3C1=O. The molecule has 0 radical (unpaired) electrons. The van der Waals surface area contributed by atoms with E-state index in [1.807, 2.05) is 17.1 Å². The average molecular weight is 361 g/mol. The van der Waals surface area contributed by atoms with Crippen LogP contribution in [0.15, 0.2) is 12.2 Å². The van der Waals surface area contributed by atoms with Gasteiger partial charge in [0.25, 0.3) is 0 Å². The summed E-state index contributed by atoms with van der Waals surface area (Å²) >= 11 is 0. The molecule has 4 heterocycles. The molecule has 142 valence electrons. The van der Waals surface area contributed by atoms with Crippen LogP contribution in [0.3, 0.4) is 0 Å². The maximum absolute atomic E-state index is 13.3. The van der Waals surface area contributed by atoms with Crippen molar-refractivity contribution in [1.29, 1.82) is 0 Å². The van der Waals surface area contributed by atoms with Crippen molar-refractivity contribution in [3.8, 4) is 0 Å². The fraction of sp³-hybridized carbons (Fsp3) is 0.737. The first-order chi connectivity index (χ1) is 12.5. The second-order valence-electron chi connectivity index (χ2n) is 7.76. The van der Waals surface area contributed by atoms with Gasteiger partial charge in [0, 0.05) is 32.1 Å². The van der Waals surface area contributed by atoms with Crippen molar-refractivity contribution in [2.45, 2.75) is 50.9 Å². The van der Waals surface area contributed by atoms with Crippen LogP contribution >= 0.6 is 0 Å². The lowest BCUT2D eigenvalue weighted by molar-refractivity contribution is -0.144. The number of rotatable bonds is 4. The standard InChI is InChI=1S/C19H27N3O4/c1-3-12(4-2)22-11-19-7-5-13(26-19)15(16(19)18(22)25)17(24)21-9-6-14(23)20-8-10-21/h5,7,12-13,15-16H,3-4,6,8-11H2,1-2H3,(H,20,23)/t13-,15+,16+,19-/m0/s1. The van der Waals surface area contributed by atoms with Gasteiger partial charge in [-0.25, -0.2) is 0 Å². The smallest absolute Gasteiger partial charge is 0.230 e. The zero-order valence-corrected chi connectivity index (χ0v) is 15.4. The Kier molecular flexibility index (Phi) is 4.29. The Hall–Kier alpha value is -1.89. The molecule has 4 aliphatic rings. The lowest BCUT2D eigenvalue weighted by atomic mass is 9.76. The van der Waals surface area contributed by atoms with Crippen molar-refractivity contribution in [2.75, 3.05) is 26.2 Å². The molecule has 3 fully saturated rings. The van der Waals surface area contributed by atoms with E-state index in [9.17, 15) is 14.4 Å². The predicted molar refractivity (Wildman–Crippen MR) is 94.0 cm³/mol. The summed E-state index contributed by atoms with van der Waals surface area (Å²) in [6.45, 7) is 6.07. The van der Waals surface area contributed by atoms with Crippen molar-refractivity contribution < 1.29 is 19.1 Å². The van der Waals surface area contributed by atoms with E-state index in [1.54, 1.807) is 4.90 Å². The lowest BCUT2D eigenvalue weighted by Gasteiger charge is -2.30. The summed E-state index contributed by atoms with van der Waals surface area (Å²) in [5, 5.41) is 2.79. The maximum atomic E-state index is 13.3. The van der Waals surface area contributed by atoms with E-state index >= 15 is 0 Å². The molecular formula is C19H27N3O4. The Morgan fingerprint density at radius 1 is 1.35 bits per heavy atom. The summed E-state index contributed by atoms with van der Waals surface area (Å²) < 4.78 is 6.20. The summed E-state index contributed by atoms with van der Waals surface area (Å²) in [4.78, 5) is 41.7. The van der Waals surface area contributed by atoms with Gasteiger partial charge in [-0.15, -0.1) is 0 Å². The van der Waals surface area contributed by atoms with Crippen LogP contribution in [0, 0.1) is 11.8 Å². The highest BCUT2D eigenvalue weighted by Gasteiger charge is 2.67. The number of carbonyl (C=O) groups is 3. The van der Waals surface area contributed by atoms with Crippen LogP contribution < -0.4 is 5.32 Å². The highest BCUT2D eigenvalue weighted by Crippen LogP contribution is 2.53. The third-order valence-corrected chi connectivity index (χ3v) is 6.42. The fourth-order valence-electron chi connectivity index (χ4n) is 5.05. The van der Waals surface area contributed by atoms with E-state index in [4.69, 9.17) is 4.74 Å². The van der Waals surface area contributed by atoms with Gasteiger partial charge < -0.3 is 19.9 Å². The summed E-state index contributed by atoms with van der Waals surface area (Å²) in [6.07, 6.45) is 5.73. The molecule has 7 nitrogen and oxygen atoms in total. The summed E-state index contributed by atoms with van der Waals surface area (Å²) in [5.74, 6) is -0.939. The molecule has 4 aliphatic heterocycles. The molecule has 0 aromatic heterocycles. The number of ether oxygens (including phenoxy) is 1. The fourth-order valence-corrected chi connectivity index (χ4v) is 5.05. The maximum Gasteiger partial charge on any atom is 0.230 e. The number of nitrogens with one attached hydrogen (secondary N) is 1. The lowest BCUT2D eigenvalue weighted by Crippen LogP contribution is -2.47. The second-order valence-corrected chi connectivity index (χ2v) is 7.76. The Morgan fingerprint density at radius 2 is 2.12 bits per heavy atom. The molecule has 26 heavy (non-hydrogen) atoms. The molecule has 4 atom stereocenters. The average Bonchev–Trinajstić information content (AvgIpc) is 3.21. The Bertz CT molecular complexity index is 659. The first-order valence-corrected chi connectivity index (χ1v) is 9.74. The molecule has 1 N–H and O–H groups in total. The highest BCUT2D eigenvalue weighted by atomic mass is 16.5. The van der Waals surface area contributed by atoms with E-state index in [2.05, 4.69) is 19.2 Å². The van der Waals surface area contributed by atoms with Crippen LogP contribution in [-0.4, -0.2) is 71.4 Å². The quantitative estimate of drug-likeness (QED) is 0.731. The minimum absolute atomic E-state index is 0.0299. The largest absolute Gasteiger partial charge is 0.360 e. The van der Waals surface area contributed by atoms with Gasteiger partial charge >= 0.3 is 0 Å². The van der Waals surface area contributed by atoms with E-state index in [0.29, 0.717) is 32.6 Å². The van der Waals surface area contributed by atoms with E-state index in [1.165, 1.54) is 0 Å².